The van der Waals surface area contributed by atoms with Crippen LogP contribution in [0.2, 0.25) is 0 Å². The van der Waals surface area contributed by atoms with E-state index >= 15 is 0 Å². The largest absolute Gasteiger partial charge is 0.273 e. The molecule has 1 aromatic heterocycles. The molecule has 29 heavy (non-hydrogen) atoms. The summed E-state index contributed by atoms with van der Waals surface area (Å²) in [6, 6.07) is 19.9. The van der Waals surface area contributed by atoms with E-state index in [-0.39, 0.29) is 11.8 Å². The van der Waals surface area contributed by atoms with Gasteiger partial charge in [0, 0.05) is 16.9 Å². The Labute approximate surface area is 175 Å². The minimum Gasteiger partial charge on any atom is -0.273 e. The number of benzene rings is 2. The van der Waals surface area contributed by atoms with Gasteiger partial charge in [0.2, 0.25) is 5.91 Å². The van der Waals surface area contributed by atoms with E-state index in [0.717, 1.165) is 15.7 Å². The number of fused-ring (bicyclic) bond motifs is 1. The Kier molecular flexibility index (Phi) is 4.41. The van der Waals surface area contributed by atoms with Gasteiger partial charge in [0.05, 0.1) is 17.4 Å². The summed E-state index contributed by atoms with van der Waals surface area (Å²) in [6.07, 6.45) is 2.49. The van der Waals surface area contributed by atoms with Crippen LogP contribution in [0.5, 0.6) is 0 Å². The standard InChI is InChI=1S/C22H16BrN3O3/c23-15-6-8-16(9-7-15)25-21(27)18-19(14-10-12-24-13-11-14)26(29-20(18)22(25)28)17-4-2-1-3-5-17/h1-13,18-20H/t18-,19+,20+/m1/s1. The van der Waals surface area contributed by atoms with Gasteiger partial charge in [0.15, 0.2) is 6.10 Å². The van der Waals surface area contributed by atoms with Crippen LogP contribution in [-0.4, -0.2) is 22.9 Å². The molecule has 5 rings (SSSR count). The quantitative estimate of drug-likeness (QED) is 0.567. The lowest BCUT2D eigenvalue weighted by atomic mass is 9.91. The van der Waals surface area contributed by atoms with E-state index in [9.17, 15) is 9.59 Å². The number of hydroxylamine groups is 1. The summed E-state index contributed by atoms with van der Waals surface area (Å²) >= 11 is 3.38. The molecule has 3 aromatic rings. The number of pyridine rings is 1. The molecule has 3 atom stereocenters. The van der Waals surface area contributed by atoms with Crippen molar-refractivity contribution in [1.29, 1.82) is 0 Å². The third kappa shape index (κ3) is 2.94. The van der Waals surface area contributed by atoms with Crippen LogP contribution in [0.1, 0.15) is 11.6 Å². The van der Waals surface area contributed by atoms with E-state index in [4.69, 9.17) is 4.84 Å². The first-order valence-corrected chi connectivity index (χ1v) is 9.99. The highest BCUT2D eigenvalue weighted by Crippen LogP contribution is 2.47. The number of halogens is 1. The highest BCUT2D eigenvalue weighted by Gasteiger charge is 2.60. The van der Waals surface area contributed by atoms with Gasteiger partial charge in [0.25, 0.3) is 5.91 Å². The van der Waals surface area contributed by atoms with Gasteiger partial charge in [-0.3, -0.25) is 19.4 Å². The molecule has 2 aliphatic rings. The second-order valence-corrected chi connectivity index (χ2v) is 7.84. The van der Waals surface area contributed by atoms with E-state index in [1.54, 1.807) is 29.6 Å². The normalized spacial score (nSPS) is 23.6. The van der Waals surface area contributed by atoms with Crippen molar-refractivity contribution in [2.24, 2.45) is 5.92 Å². The van der Waals surface area contributed by atoms with Crippen molar-refractivity contribution in [1.82, 2.24) is 4.98 Å². The smallest absolute Gasteiger partial charge is 0.266 e. The predicted molar refractivity (Wildman–Crippen MR) is 111 cm³/mol. The fourth-order valence-electron chi connectivity index (χ4n) is 3.96. The zero-order valence-electron chi connectivity index (χ0n) is 15.2. The predicted octanol–water partition coefficient (Wildman–Crippen LogP) is 3.90. The number of anilines is 2. The highest BCUT2D eigenvalue weighted by molar-refractivity contribution is 9.10. The molecule has 6 nitrogen and oxygen atoms in total. The average Bonchev–Trinajstić information content (AvgIpc) is 3.27. The van der Waals surface area contributed by atoms with Crippen LogP contribution >= 0.6 is 15.9 Å². The first-order valence-electron chi connectivity index (χ1n) is 9.19. The SMILES string of the molecule is O=C1[C@H]2[C@H](ON(c3ccccc3)[C@H]2c2ccncc2)C(=O)N1c1ccc(Br)cc1. The van der Waals surface area contributed by atoms with Crippen LogP contribution in [0.25, 0.3) is 0 Å². The molecule has 0 N–H and O–H groups in total. The number of imide groups is 1. The summed E-state index contributed by atoms with van der Waals surface area (Å²) in [5, 5.41) is 1.68. The molecule has 0 radical (unpaired) electrons. The molecule has 2 amide bonds. The van der Waals surface area contributed by atoms with E-state index < -0.39 is 18.1 Å². The molecule has 0 spiro atoms. The highest BCUT2D eigenvalue weighted by atomic mass is 79.9. The van der Waals surface area contributed by atoms with Gasteiger partial charge in [-0.05, 0) is 54.1 Å². The van der Waals surface area contributed by atoms with Crippen LogP contribution in [0, 0.1) is 5.92 Å². The van der Waals surface area contributed by atoms with Crippen molar-refractivity contribution < 1.29 is 14.4 Å². The molecule has 2 aromatic carbocycles. The number of nitrogens with zero attached hydrogens (tertiary/aromatic N) is 3. The average molecular weight is 450 g/mol. The van der Waals surface area contributed by atoms with Crippen LogP contribution in [-0.2, 0) is 14.4 Å². The van der Waals surface area contributed by atoms with E-state index in [1.165, 1.54) is 4.90 Å². The van der Waals surface area contributed by atoms with Crippen molar-refractivity contribution in [3.05, 3.63) is 89.2 Å². The maximum Gasteiger partial charge on any atom is 0.266 e. The summed E-state index contributed by atoms with van der Waals surface area (Å²) in [5.74, 6) is -1.25. The zero-order chi connectivity index (χ0) is 20.0. The number of aromatic nitrogens is 1. The summed E-state index contributed by atoms with van der Waals surface area (Å²) in [7, 11) is 0. The van der Waals surface area contributed by atoms with Crippen molar-refractivity contribution in [2.45, 2.75) is 12.1 Å². The fourth-order valence-corrected chi connectivity index (χ4v) is 4.22. The number of para-hydroxylation sites is 1. The molecule has 2 saturated heterocycles. The molecule has 0 bridgehead atoms. The molecule has 2 aliphatic heterocycles. The Morgan fingerprint density at radius 3 is 2.21 bits per heavy atom. The number of rotatable bonds is 3. The molecule has 0 unspecified atom stereocenters. The Hall–Kier alpha value is -3.03. The van der Waals surface area contributed by atoms with E-state index in [1.807, 2.05) is 54.6 Å². The lowest BCUT2D eigenvalue weighted by Gasteiger charge is -2.28. The van der Waals surface area contributed by atoms with Crippen LogP contribution < -0.4 is 9.96 Å². The molecule has 144 valence electrons. The summed E-state index contributed by atoms with van der Waals surface area (Å²) in [4.78, 5) is 38.0. The van der Waals surface area contributed by atoms with Gasteiger partial charge in [-0.1, -0.05) is 34.1 Å². The molecule has 7 heteroatoms. The Morgan fingerprint density at radius 2 is 1.52 bits per heavy atom. The molecular formula is C22H16BrN3O3. The van der Waals surface area contributed by atoms with Crippen molar-refractivity contribution >= 4 is 39.1 Å². The molecule has 0 aliphatic carbocycles. The lowest BCUT2D eigenvalue weighted by Crippen LogP contribution is -2.37. The minimum absolute atomic E-state index is 0.262. The number of carbonyl (C=O) groups is 2. The maximum atomic E-state index is 13.4. The van der Waals surface area contributed by atoms with Crippen LogP contribution in [0.3, 0.4) is 0 Å². The Morgan fingerprint density at radius 1 is 0.828 bits per heavy atom. The fraction of sp³-hybridized carbons (Fsp3) is 0.136. The lowest BCUT2D eigenvalue weighted by molar-refractivity contribution is -0.126. The van der Waals surface area contributed by atoms with E-state index in [2.05, 4.69) is 20.9 Å². The molecule has 2 fully saturated rings. The second-order valence-electron chi connectivity index (χ2n) is 6.93. The minimum atomic E-state index is -0.871. The zero-order valence-corrected chi connectivity index (χ0v) is 16.8. The van der Waals surface area contributed by atoms with Gasteiger partial charge < -0.3 is 0 Å². The summed E-state index contributed by atoms with van der Waals surface area (Å²) < 4.78 is 0.877. The van der Waals surface area contributed by atoms with Crippen LogP contribution in [0.4, 0.5) is 11.4 Å². The second kappa shape index (κ2) is 7.09. The van der Waals surface area contributed by atoms with Crippen molar-refractivity contribution in [2.75, 3.05) is 9.96 Å². The number of carbonyl (C=O) groups excluding carboxylic acids is 2. The number of hydrogen-bond acceptors (Lipinski definition) is 5. The van der Waals surface area contributed by atoms with Crippen molar-refractivity contribution in [3.8, 4) is 0 Å². The third-order valence-electron chi connectivity index (χ3n) is 5.26. The summed E-state index contributed by atoms with van der Waals surface area (Å²) in [5.41, 5.74) is 2.20. The van der Waals surface area contributed by atoms with E-state index in [0.29, 0.717) is 5.69 Å². The first-order chi connectivity index (χ1) is 14.1. The Balaban J connectivity index is 1.58. The molecule has 3 heterocycles. The van der Waals surface area contributed by atoms with Gasteiger partial charge in [-0.25, -0.2) is 9.96 Å². The van der Waals surface area contributed by atoms with Gasteiger partial charge in [-0.15, -0.1) is 0 Å². The first kappa shape index (κ1) is 18.0. The number of amides is 2. The number of hydrogen-bond donors (Lipinski definition) is 0. The van der Waals surface area contributed by atoms with Crippen molar-refractivity contribution in [3.63, 3.8) is 0 Å². The van der Waals surface area contributed by atoms with Gasteiger partial charge in [-0.2, -0.15) is 0 Å². The van der Waals surface area contributed by atoms with Crippen LogP contribution in [0.15, 0.2) is 83.6 Å². The van der Waals surface area contributed by atoms with Gasteiger partial charge in [0.1, 0.15) is 5.92 Å². The summed E-state index contributed by atoms with van der Waals surface area (Å²) in [6.45, 7) is 0. The topological polar surface area (TPSA) is 62.7 Å². The molecule has 0 saturated carbocycles. The molecular weight excluding hydrogens is 434 g/mol. The monoisotopic (exact) mass is 449 g/mol. The third-order valence-corrected chi connectivity index (χ3v) is 5.79. The maximum absolute atomic E-state index is 13.4. The van der Waals surface area contributed by atoms with Gasteiger partial charge >= 0.3 is 0 Å². The Bertz CT molecular complexity index is 1060.